The Morgan fingerprint density at radius 2 is 2.19 bits per heavy atom. The monoisotopic (exact) mass is 453 g/mol. The number of aryl methyl sites for hydroxylation is 1. The largest absolute Gasteiger partial charge is 0.465 e. The standard InChI is InChI=1S/C23H29F2NO4S/c1-4-5-6-8-16(2)19(27)12-10-17-15-23(24,25)22(29)26(17)14-7-9-18-11-13-20(31-18)21(28)30-3/h10-13,16-17,19,27H,4,7-9,14-15H2,1-3H3/t16?,17-,19-/m0/s1. The molecule has 1 aliphatic rings. The summed E-state index contributed by atoms with van der Waals surface area (Å²) in [6, 6.07) is 2.70. The zero-order chi connectivity index (χ0) is 23.0. The number of hydrogen-bond acceptors (Lipinski definition) is 5. The summed E-state index contributed by atoms with van der Waals surface area (Å²) in [5, 5.41) is 10.3. The molecule has 1 aromatic rings. The van der Waals surface area contributed by atoms with E-state index in [2.05, 4.69) is 16.6 Å². The van der Waals surface area contributed by atoms with E-state index >= 15 is 0 Å². The van der Waals surface area contributed by atoms with E-state index < -0.39 is 36.4 Å². The minimum atomic E-state index is -3.40. The molecule has 5 nitrogen and oxygen atoms in total. The summed E-state index contributed by atoms with van der Waals surface area (Å²) in [5.74, 6) is 0.781. The maximum Gasteiger partial charge on any atom is 0.348 e. The molecule has 170 valence electrons. The smallest absolute Gasteiger partial charge is 0.348 e. The van der Waals surface area contributed by atoms with Crippen molar-refractivity contribution in [1.82, 2.24) is 4.90 Å². The lowest BCUT2D eigenvalue weighted by atomic mass is 9.99. The van der Waals surface area contributed by atoms with Crippen molar-refractivity contribution in [3.8, 4) is 11.8 Å². The molecule has 1 aromatic heterocycles. The van der Waals surface area contributed by atoms with Gasteiger partial charge in [-0.3, -0.25) is 4.79 Å². The van der Waals surface area contributed by atoms with Crippen LogP contribution in [0.2, 0.25) is 0 Å². The van der Waals surface area contributed by atoms with Crippen LogP contribution in [0.15, 0.2) is 24.3 Å². The van der Waals surface area contributed by atoms with E-state index in [9.17, 15) is 23.5 Å². The van der Waals surface area contributed by atoms with E-state index in [0.29, 0.717) is 24.1 Å². The summed E-state index contributed by atoms with van der Waals surface area (Å²) in [7, 11) is 1.31. The van der Waals surface area contributed by atoms with Crippen LogP contribution in [0.25, 0.3) is 0 Å². The van der Waals surface area contributed by atoms with Crippen molar-refractivity contribution in [1.29, 1.82) is 0 Å². The molecule has 0 aromatic carbocycles. The van der Waals surface area contributed by atoms with Gasteiger partial charge >= 0.3 is 11.9 Å². The quantitative estimate of drug-likeness (QED) is 0.348. The van der Waals surface area contributed by atoms with E-state index in [4.69, 9.17) is 0 Å². The number of halogens is 2. The molecule has 1 fully saturated rings. The Morgan fingerprint density at radius 1 is 1.45 bits per heavy atom. The molecule has 0 radical (unpaired) electrons. The molecule has 1 aliphatic heterocycles. The van der Waals surface area contributed by atoms with Crippen LogP contribution in [-0.2, 0) is 16.0 Å². The van der Waals surface area contributed by atoms with Gasteiger partial charge in [0.15, 0.2) is 0 Å². The molecular formula is C23H29F2NO4S. The van der Waals surface area contributed by atoms with Gasteiger partial charge in [0.1, 0.15) is 4.88 Å². The Labute approximate surface area is 186 Å². The van der Waals surface area contributed by atoms with Crippen molar-refractivity contribution < 1.29 is 28.2 Å². The van der Waals surface area contributed by atoms with Gasteiger partial charge in [0.05, 0.1) is 19.3 Å². The number of hydrogen-bond donors (Lipinski definition) is 1. The van der Waals surface area contributed by atoms with Crippen molar-refractivity contribution in [2.24, 2.45) is 5.92 Å². The van der Waals surface area contributed by atoms with Crippen LogP contribution in [-0.4, -0.2) is 53.6 Å². The first-order valence-corrected chi connectivity index (χ1v) is 11.2. The SMILES string of the molecule is CCC#CCC(C)[C@@H](O)C=C[C@H]1CC(F)(F)C(=O)N1CCCc1ccc(C(=O)OC)s1. The molecule has 8 heteroatoms. The number of rotatable bonds is 9. The number of carbonyl (C=O) groups excluding carboxylic acids is 2. The molecule has 1 N–H and O–H groups in total. The summed E-state index contributed by atoms with van der Waals surface area (Å²) < 4.78 is 32.8. The molecule has 0 spiro atoms. The van der Waals surface area contributed by atoms with Gasteiger partial charge in [-0.1, -0.05) is 26.0 Å². The van der Waals surface area contributed by atoms with Crippen LogP contribution in [0, 0.1) is 17.8 Å². The lowest BCUT2D eigenvalue weighted by Crippen LogP contribution is -2.36. The van der Waals surface area contributed by atoms with Crippen molar-refractivity contribution >= 4 is 23.2 Å². The molecule has 1 amide bonds. The summed E-state index contributed by atoms with van der Waals surface area (Å²) in [5.41, 5.74) is 0. The molecule has 31 heavy (non-hydrogen) atoms. The Hall–Kier alpha value is -2.24. The van der Waals surface area contributed by atoms with E-state index in [-0.39, 0.29) is 12.5 Å². The van der Waals surface area contributed by atoms with Crippen LogP contribution >= 0.6 is 11.3 Å². The van der Waals surface area contributed by atoms with E-state index in [1.165, 1.54) is 35.5 Å². The van der Waals surface area contributed by atoms with Gasteiger partial charge in [-0.25, -0.2) is 4.79 Å². The van der Waals surface area contributed by atoms with E-state index in [1.54, 1.807) is 12.1 Å². The highest BCUT2D eigenvalue weighted by molar-refractivity contribution is 7.13. The minimum absolute atomic E-state index is 0.135. The highest BCUT2D eigenvalue weighted by Gasteiger charge is 2.52. The fourth-order valence-electron chi connectivity index (χ4n) is 3.32. The third kappa shape index (κ3) is 6.88. The molecular weight excluding hydrogens is 424 g/mol. The molecule has 1 unspecified atom stereocenters. The average molecular weight is 454 g/mol. The van der Waals surface area contributed by atoms with Crippen molar-refractivity contribution in [3.63, 3.8) is 0 Å². The number of thiophene rings is 1. The summed E-state index contributed by atoms with van der Waals surface area (Å²) in [4.78, 5) is 26.3. The molecule has 3 atom stereocenters. The number of nitrogens with zero attached hydrogens (tertiary/aromatic N) is 1. The zero-order valence-corrected chi connectivity index (χ0v) is 18.9. The minimum Gasteiger partial charge on any atom is -0.465 e. The second-order valence-electron chi connectivity index (χ2n) is 7.60. The number of aliphatic hydroxyl groups excluding tert-OH is 1. The molecule has 2 rings (SSSR count). The van der Waals surface area contributed by atoms with Crippen LogP contribution in [0.1, 0.15) is 54.1 Å². The van der Waals surface area contributed by atoms with Gasteiger partial charge in [0.25, 0.3) is 5.91 Å². The first-order chi connectivity index (χ1) is 14.7. The van der Waals surface area contributed by atoms with Gasteiger partial charge in [-0.05, 0) is 30.9 Å². The van der Waals surface area contributed by atoms with Gasteiger partial charge in [0, 0.05) is 30.7 Å². The highest BCUT2D eigenvalue weighted by Crippen LogP contribution is 2.34. The third-order valence-corrected chi connectivity index (χ3v) is 6.27. The van der Waals surface area contributed by atoms with Gasteiger partial charge in [0.2, 0.25) is 0 Å². The number of likely N-dealkylation sites (tertiary alicyclic amines) is 1. The molecule has 1 saturated heterocycles. The summed E-state index contributed by atoms with van der Waals surface area (Å²) in [6.45, 7) is 3.95. The summed E-state index contributed by atoms with van der Waals surface area (Å²) >= 11 is 1.29. The second-order valence-corrected chi connectivity index (χ2v) is 8.77. The molecule has 0 saturated carbocycles. The maximum atomic E-state index is 14.1. The number of ether oxygens (including phenoxy) is 1. The normalized spacial score (nSPS) is 19.9. The predicted octanol–water partition coefficient (Wildman–Crippen LogP) is 4.06. The van der Waals surface area contributed by atoms with E-state index in [1.807, 2.05) is 13.8 Å². The molecule has 0 aliphatic carbocycles. The summed E-state index contributed by atoms with van der Waals surface area (Å²) in [6.07, 6.45) is 3.88. The lowest BCUT2D eigenvalue weighted by Gasteiger charge is -2.22. The highest BCUT2D eigenvalue weighted by atomic mass is 32.1. The Kier molecular flexibility index (Phi) is 9.20. The average Bonchev–Trinajstić information content (AvgIpc) is 3.29. The first-order valence-electron chi connectivity index (χ1n) is 10.4. The predicted molar refractivity (Wildman–Crippen MR) is 116 cm³/mol. The Balaban J connectivity index is 1.96. The maximum absolute atomic E-state index is 14.1. The molecule has 0 bridgehead atoms. The first kappa shape index (κ1) is 25.0. The van der Waals surface area contributed by atoms with Gasteiger partial charge in [-0.15, -0.1) is 23.2 Å². The van der Waals surface area contributed by atoms with Crippen LogP contribution in [0.4, 0.5) is 8.78 Å². The number of esters is 1. The number of amides is 1. The fraction of sp³-hybridized carbons (Fsp3) is 0.565. The van der Waals surface area contributed by atoms with Crippen LogP contribution in [0.3, 0.4) is 0 Å². The van der Waals surface area contributed by atoms with Crippen LogP contribution < -0.4 is 0 Å². The number of methoxy groups -OCH3 is 1. The third-order valence-electron chi connectivity index (χ3n) is 5.15. The fourth-order valence-corrected chi connectivity index (χ4v) is 4.28. The van der Waals surface area contributed by atoms with Gasteiger partial charge < -0.3 is 14.7 Å². The topological polar surface area (TPSA) is 66.8 Å². The second kappa shape index (κ2) is 11.4. The Morgan fingerprint density at radius 3 is 2.87 bits per heavy atom. The van der Waals surface area contributed by atoms with Crippen molar-refractivity contribution in [3.05, 3.63) is 34.0 Å². The zero-order valence-electron chi connectivity index (χ0n) is 18.1. The number of alkyl halides is 2. The molecule has 2 heterocycles. The number of carbonyl (C=O) groups is 2. The van der Waals surface area contributed by atoms with Crippen molar-refractivity contribution in [2.75, 3.05) is 13.7 Å². The number of aliphatic hydroxyl groups is 1. The van der Waals surface area contributed by atoms with Gasteiger partial charge in [-0.2, -0.15) is 8.78 Å². The lowest BCUT2D eigenvalue weighted by molar-refractivity contribution is -0.148. The van der Waals surface area contributed by atoms with Crippen molar-refractivity contribution in [2.45, 2.75) is 64.0 Å². The van der Waals surface area contributed by atoms with E-state index in [0.717, 1.165) is 11.3 Å². The van der Waals surface area contributed by atoms with Crippen LogP contribution in [0.5, 0.6) is 0 Å². The Bertz CT molecular complexity index is 855.